The van der Waals surface area contributed by atoms with Gasteiger partial charge in [-0.2, -0.15) is 0 Å². The Labute approximate surface area is 182 Å². The Kier molecular flexibility index (Phi) is 5.34. The van der Waals surface area contributed by atoms with Crippen LogP contribution >= 0.6 is 0 Å². The lowest BCUT2D eigenvalue weighted by Crippen LogP contribution is -2.34. The Balaban J connectivity index is 1.87. The van der Waals surface area contributed by atoms with Gasteiger partial charge in [-0.05, 0) is 66.9 Å². The van der Waals surface area contributed by atoms with Crippen molar-refractivity contribution >= 4 is 28.8 Å². The van der Waals surface area contributed by atoms with E-state index in [0.29, 0.717) is 22.7 Å². The van der Waals surface area contributed by atoms with E-state index in [-0.39, 0.29) is 11.8 Å². The number of nitrogens with zero attached hydrogens (tertiary/aromatic N) is 2. The van der Waals surface area contributed by atoms with Crippen LogP contribution in [0.5, 0.6) is 5.75 Å². The van der Waals surface area contributed by atoms with Crippen molar-refractivity contribution in [1.82, 2.24) is 0 Å². The van der Waals surface area contributed by atoms with Crippen LogP contribution in [-0.2, 0) is 9.59 Å². The van der Waals surface area contributed by atoms with E-state index >= 15 is 0 Å². The van der Waals surface area contributed by atoms with E-state index < -0.39 is 0 Å². The number of imide groups is 1. The quantitative estimate of drug-likeness (QED) is 0.569. The first-order valence-corrected chi connectivity index (χ1v) is 10.1. The average molecular weight is 412 g/mol. The smallest absolute Gasteiger partial charge is 0.282 e. The zero-order valence-corrected chi connectivity index (χ0v) is 18.0. The van der Waals surface area contributed by atoms with Gasteiger partial charge < -0.3 is 9.64 Å². The van der Waals surface area contributed by atoms with E-state index in [4.69, 9.17) is 4.74 Å². The number of methoxy groups -OCH3 is 1. The summed E-state index contributed by atoms with van der Waals surface area (Å²) in [5, 5.41) is 0. The molecule has 1 heterocycles. The van der Waals surface area contributed by atoms with Gasteiger partial charge in [0.05, 0.1) is 18.4 Å². The number of likely N-dealkylation sites (N-methyl/N-ethyl adjacent to an activating group) is 1. The number of ether oxygens (including phenoxy) is 1. The van der Waals surface area contributed by atoms with Crippen LogP contribution < -0.4 is 14.5 Å². The first-order valence-electron chi connectivity index (χ1n) is 10.1. The number of rotatable bonds is 5. The van der Waals surface area contributed by atoms with Gasteiger partial charge in [0.2, 0.25) is 0 Å². The van der Waals surface area contributed by atoms with Crippen molar-refractivity contribution in [3.63, 3.8) is 0 Å². The van der Waals surface area contributed by atoms with Gasteiger partial charge in [-0.25, -0.2) is 4.90 Å². The van der Waals surface area contributed by atoms with E-state index in [2.05, 4.69) is 0 Å². The summed E-state index contributed by atoms with van der Waals surface area (Å²) in [5.41, 5.74) is 5.02. The summed E-state index contributed by atoms with van der Waals surface area (Å²) in [5.74, 6) is -0.0298. The minimum absolute atomic E-state index is 0.337. The highest BCUT2D eigenvalue weighted by molar-refractivity contribution is 6.46. The summed E-state index contributed by atoms with van der Waals surface area (Å²) in [6, 6.07) is 22.3. The van der Waals surface area contributed by atoms with Crippen LogP contribution in [0.15, 0.2) is 78.5 Å². The maximum atomic E-state index is 13.6. The molecule has 5 nitrogen and oxygen atoms in total. The Bertz CT molecular complexity index is 1180. The number of benzene rings is 3. The van der Waals surface area contributed by atoms with Crippen molar-refractivity contribution in [2.45, 2.75) is 13.8 Å². The number of amides is 2. The molecule has 4 rings (SSSR count). The lowest BCUT2D eigenvalue weighted by atomic mass is 9.99. The third-order valence-corrected chi connectivity index (χ3v) is 5.66. The number of hydrogen-bond acceptors (Lipinski definition) is 4. The molecule has 0 bridgehead atoms. The topological polar surface area (TPSA) is 49.9 Å². The number of aryl methyl sites for hydroxylation is 2. The van der Waals surface area contributed by atoms with Gasteiger partial charge in [0.1, 0.15) is 11.4 Å². The molecule has 0 aliphatic carbocycles. The highest BCUT2D eigenvalue weighted by Gasteiger charge is 2.42. The van der Waals surface area contributed by atoms with Gasteiger partial charge in [0, 0.05) is 12.7 Å². The van der Waals surface area contributed by atoms with E-state index in [1.54, 1.807) is 36.3 Å². The maximum Gasteiger partial charge on any atom is 0.282 e. The second kappa shape index (κ2) is 8.11. The third kappa shape index (κ3) is 3.59. The van der Waals surface area contributed by atoms with Gasteiger partial charge in [-0.1, -0.05) is 36.4 Å². The van der Waals surface area contributed by atoms with Crippen molar-refractivity contribution in [3.05, 3.63) is 95.2 Å². The van der Waals surface area contributed by atoms with E-state index in [1.165, 1.54) is 4.90 Å². The van der Waals surface area contributed by atoms with Crippen LogP contribution in [0.2, 0.25) is 0 Å². The van der Waals surface area contributed by atoms with Crippen molar-refractivity contribution in [3.8, 4) is 5.75 Å². The molecule has 0 aromatic heterocycles. The first kappa shape index (κ1) is 20.4. The monoisotopic (exact) mass is 412 g/mol. The molecule has 0 saturated carbocycles. The predicted molar refractivity (Wildman–Crippen MR) is 123 cm³/mol. The normalized spacial score (nSPS) is 13.7. The molecule has 2 amide bonds. The zero-order chi connectivity index (χ0) is 22.1. The SMILES string of the molecule is COc1ccc(N2C(=O)C(c3ccc(C)c(C)c3)=C(N(C)c3ccccc3)C2=O)cc1. The fraction of sp³-hybridized carbons (Fsp3) is 0.154. The van der Waals surface area contributed by atoms with Crippen LogP contribution in [0, 0.1) is 13.8 Å². The number of carbonyl (C=O) groups excluding carboxylic acids is 2. The fourth-order valence-corrected chi connectivity index (χ4v) is 3.73. The lowest BCUT2D eigenvalue weighted by Gasteiger charge is -2.21. The summed E-state index contributed by atoms with van der Waals surface area (Å²) in [7, 11) is 3.39. The number of para-hydroxylation sites is 1. The molecule has 31 heavy (non-hydrogen) atoms. The summed E-state index contributed by atoms with van der Waals surface area (Å²) in [6.07, 6.45) is 0. The molecular formula is C26H24N2O3. The van der Waals surface area contributed by atoms with Crippen LogP contribution in [0.4, 0.5) is 11.4 Å². The fourth-order valence-electron chi connectivity index (χ4n) is 3.73. The van der Waals surface area contributed by atoms with E-state index in [1.807, 2.05) is 69.4 Å². The van der Waals surface area contributed by atoms with Crippen molar-refractivity contribution in [2.24, 2.45) is 0 Å². The van der Waals surface area contributed by atoms with Gasteiger partial charge in [-0.3, -0.25) is 9.59 Å². The largest absolute Gasteiger partial charge is 0.497 e. The number of anilines is 2. The molecule has 0 atom stereocenters. The van der Waals surface area contributed by atoms with Gasteiger partial charge in [-0.15, -0.1) is 0 Å². The van der Waals surface area contributed by atoms with Gasteiger partial charge in [0.25, 0.3) is 11.8 Å². The molecule has 1 aliphatic rings. The Morgan fingerprint density at radius 3 is 2.10 bits per heavy atom. The van der Waals surface area contributed by atoms with Crippen molar-refractivity contribution in [2.75, 3.05) is 24.0 Å². The molecule has 5 heteroatoms. The molecule has 3 aromatic carbocycles. The predicted octanol–water partition coefficient (Wildman–Crippen LogP) is 4.73. The highest BCUT2D eigenvalue weighted by atomic mass is 16.5. The van der Waals surface area contributed by atoms with Crippen LogP contribution in [0.3, 0.4) is 0 Å². The van der Waals surface area contributed by atoms with E-state index in [0.717, 1.165) is 22.4 Å². The molecule has 0 fully saturated rings. The Morgan fingerprint density at radius 2 is 1.48 bits per heavy atom. The number of carbonyl (C=O) groups is 2. The lowest BCUT2D eigenvalue weighted by molar-refractivity contribution is -0.120. The van der Waals surface area contributed by atoms with E-state index in [9.17, 15) is 9.59 Å². The molecule has 156 valence electrons. The molecular weight excluding hydrogens is 388 g/mol. The average Bonchev–Trinajstić information content (AvgIpc) is 3.05. The van der Waals surface area contributed by atoms with Gasteiger partial charge in [0.15, 0.2) is 0 Å². The standard InChI is InChI=1S/C26H24N2O3/c1-17-10-11-19(16-18(17)2)23-24(27(3)20-8-6-5-7-9-20)26(30)28(25(23)29)21-12-14-22(31-4)15-13-21/h5-16H,1-4H3. The maximum absolute atomic E-state index is 13.6. The highest BCUT2D eigenvalue weighted by Crippen LogP contribution is 2.37. The molecule has 0 saturated heterocycles. The molecule has 1 aliphatic heterocycles. The first-order chi connectivity index (χ1) is 14.9. The van der Waals surface area contributed by atoms with Gasteiger partial charge >= 0.3 is 0 Å². The number of hydrogen-bond donors (Lipinski definition) is 0. The molecule has 0 radical (unpaired) electrons. The summed E-state index contributed by atoms with van der Waals surface area (Å²) >= 11 is 0. The molecule has 0 unspecified atom stereocenters. The summed E-state index contributed by atoms with van der Waals surface area (Å²) in [4.78, 5) is 30.2. The Hall–Kier alpha value is -3.86. The van der Waals surface area contributed by atoms with Crippen LogP contribution in [0.1, 0.15) is 16.7 Å². The zero-order valence-electron chi connectivity index (χ0n) is 18.0. The second-order valence-corrected chi connectivity index (χ2v) is 7.56. The van der Waals surface area contributed by atoms with Crippen molar-refractivity contribution in [1.29, 1.82) is 0 Å². The second-order valence-electron chi connectivity index (χ2n) is 7.56. The van der Waals surface area contributed by atoms with Crippen molar-refractivity contribution < 1.29 is 14.3 Å². The minimum Gasteiger partial charge on any atom is -0.497 e. The Morgan fingerprint density at radius 1 is 0.806 bits per heavy atom. The third-order valence-electron chi connectivity index (χ3n) is 5.66. The van der Waals surface area contributed by atoms with Crippen LogP contribution in [-0.4, -0.2) is 26.0 Å². The molecule has 0 spiro atoms. The molecule has 0 N–H and O–H groups in total. The van der Waals surface area contributed by atoms with Crippen LogP contribution in [0.25, 0.3) is 5.57 Å². The summed E-state index contributed by atoms with van der Waals surface area (Å²) in [6.45, 7) is 4.03. The minimum atomic E-state index is -0.352. The summed E-state index contributed by atoms with van der Waals surface area (Å²) < 4.78 is 5.21. The molecule has 3 aromatic rings.